The Kier molecular flexibility index (Phi) is 8.23. The molecule has 9 heteroatoms. The number of nitrogen functional groups attached to an aromatic ring is 1. The van der Waals surface area contributed by atoms with Crippen molar-refractivity contribution in [3.8, 4) is 11.5 Å². The summed E-state index contributed by atoms with van der Waals surface area (Å²) in [4.78, 5) is 11.6. The largest absolute Gasteiger partial charge is 0.491 e. The highest BCUT2D eigenvalue weighted by molar-refractivity contribution is 9.10. The summed E-state index contributed by atoms with van der Waals surface area (Å²) >= 11 is 3.38. The second-order valence-electron chi connectivity index (χ2n) is 8.13. The molecule has 0 spiro atoms. The minimum absolute atomic E-state index is 0.0362. The molecule has 2 aromatic carbocycles. The molecular weight excluding hydrogens is 492 g/mol. The van der Waals surface area contributed by atoms with E-state index in [1.807, 2.05) is 49.9 Å². The fraction of sp³-hybridized carbons (Fsp3) is 0.375. The lowest BCUT2D eigenvalue weighted by molar-refractivity contribution is -0.153. The van der Waals surface area contributed by atoms with Crippen molar-refractivity contribution in [1.29, 1.82) is 0 Å². The summed E-state index contributed by atoms with van der Waals surface area (Å²) in [6.45, 7) is 3.71. The van der Waals surface area contributed by atoms with E-state index in [9.17, 15) is 15.0 Å². The number of aryl methyl sites for hydroxylation is 1. The van der Waals surface area contributed by atoms with Crippen LogP contribution in [0.1, 0.15) is 19.4 Å². The summed E-state index contributed by atoms with van der Waals surface area (Å²) in [6.07, 6.45) is 0.156. The Morgan fingerprint density at radius 2 is 1.88 bits per heavy atom. The summed E-state index contributed by atoms with van der Waals surface area (Å²) in [6, 6.07) is 10.7. The summed E-state index contributed by atoms with van der Waals surface area (Å²) in [7, 11) is 1.90. The maximum Gasteiger partial charge on any atom is 0.333 e. The van der Waals surface area contributed by atoms with Crippen molar-refractivity contribution in [1.82, 2.24) is 4.57 Å². The maximum absolute atomic E-state index is 11.6. The van der Waals surface area contributed by atoms with Crippen molar-refractivity contribution in [2.75, 3.05) is 18.9 Å². The van der Waals surface area contributed by atoms with Crippen LogP contribution in [0.25, 0.3) is 10.9 Å². The number of fused-ring (bicyclic) bond motifs is 1. The first-order chi connectivity index (χ1) is 15.6. The Morgan fingerprint density at radius 1 is 1.15 bits per heavy atom. The zero-order valence-electron chi connectivity index (χ0n) is 18.8. The monoisotopic (exact) mass is 520 g/mol. The van der Waals surface area contributed by atoms with Gasteiger partial charge in [-0.1, -0.05) is 0 Å². The van der Waals surface area contributed by atoms with Crippen LogP contribution in [0.15, 0.2) is 47.1 Å². The highest BCUT2D eigenvalue weighted by atomic mass is 79.9. The number of hydrogen-bond donors (Lipinski definition) is 3. The van der Waals surface area contributed by atoms with Crippen molar-refractivity contribution >= 4 is 38.5 Å². The van der Waals surface area contributed by atoms with Gasteiger partial charge in [0.15, 0.2) is 6.10 Å². The molecule has 3 rings (SSSR count). The molecule has 8 nitrogen and oxygen atoms in total. The van der Waals surface area contributed by atoms with Gasteiger partial charge in [-0.15, -0.1) is 0 Å². The van der Waals surface area contributed by atoms with E-state index in [1.54, 1.807) is 18.2 Å². The summed E-state index contributed by atoms with van der Waals surface area (Å²) in [5, 5.41) is 20.7. The molecule has 0 aliphatic carbocycles. The number of hydrogen-bond acceptors (Lipinski definition) is 6. The number of aliphatic hydroxyl groups is 1. The van der Waals surface area contributed by atoms with E-state index >= 15 is 0 Å². The standard InChI is InChI=1S/C24H29BrN2O6/c1-14(2)33-23(24(29)30)8-15-11-27(3)21-6-5-18(10-19(15)21)31-12-17(28)13-32-22-7-4-16(26)9-20(22)25/h4-7,9-11,14,17,23,28H,8,12-13,26H2,1-3H3,(H,29,30). The second kappa shape index (κ2) is 10.9. The van der Waals surface area contributed by atoms with Crippen molar-refractivity contribution in [3.05, 3.63) is 52.6 Å². The minimum atomic E-state index is -0.996. The van der Waals surface area contributed by atoms with E-state index in [2.05, 4.69) is 15.9 Å². The first-order valence-corrected chi connectivity index (χ1v) is 11.4. The Balaban J connectivity index is 1.66. The Bertz CT molecular complexity index is 1110. The summed E-state index contributed by atoms with van der Waals surface area (Å²) in [5.41, 5.74) is 8.12. The van der Waals surface area contributed by atoms with Crippen LogP contribution in [0, 0.1) is 0 Å². The molecule has 0 fully saturated rings. The summed E-state index contributed by atoms with van der Waals surface area (Å²) < 4.78 is 19.6. The molecular formula is C24H29BrN2O6. The Labute approximate surface area is 201 Å². The molecule has 178 valence electrons. The molecule has 0 bridgehead atoms. The van der Waals surface area contributed by atoms with Gasteiger partial charge in [0.25, 0.3) is 0 Å². The van der Waals surface area contributed by atoms with E-state index in [-0.39, 0.29) is 25.7 Å². The van der Waals surface area contributed by atoms with Crippen LogP contribution in [0.2, 0.25) is 0 Å². The number of ether oxygens (including phenoxy) is 3. The third kappa shape index (κ3) is 6.63. The predicted octanol–water partition coefficient (Wildman–Crippen LogP) is 3.76. The van der Waals surface area contributed by atoms with Crippen LogP contribution in [0.3, 0.4) is 0 Å². The van der Waals surface area contributed by atoms with Crippen molar-refractivity contribution in [3.63, 3.8) is 0 Å². The van der Waals surface area contributed by atoms with Gasteiger partial charge in [0, 0.05) is 36.3 Å². The fourth-order valence-corrected chi connectivity index (χ4v) is 4.00. The lowest BCUT2D eigenvalue weighted by Gasteiger charge is -2.16. The van der Waals surface area contributed by atoms with Crippen molar-refractivity contribution in [2.45, 2.75) is 38.6 Å². The number of nitrogens with zero attached hydrogens (tertiary/aromatic N) is 1. The number of carbonyl (C=O) groups is 1. The van der Waals surface area contributed by atoms with Gasteiger partial charge in [0.2, 0.25) is 0 Å². The van der Waals surface area contributed by atoms with Gasteiger partial charge in [0.05, 0.1) is 10.6 Å². The molecule has 1 aromatic heterocycles. The first kappa shape index (κ1) is 24.9. The van der Waals surface area contributed by atoms with E-state index in [1.165, 1.54) is 0 Å². The van der Waals surface area contributed by atoms with Crippen LogP contribution < -0.4 is 15.2 Å². The zero-order chi connectivity index (χ0) is 24.1. The third-order valence-electron chi connectivity index (χ3n) is 4.99. The number of benzene rings is 2. The highest BCUT2D eigenvalue weighted by Crippen LogP contribution is 2.28. The molecule has 0 saturated heterocycles. The van der Waals surface area contributed by atoms with Crippen molar-refractivity contribution in [2.24, 2.45) is 7.05 Å². The van der Waals surface area contributed by atoms with Crippen molar-refractivity contribution < 1.29 is 29.2 Å². The van der Waals surface area contributed by atoms with E-state index in [0.717, 1.165) is 16.5 Å². The van der Waals surface area contributed by atoms with Gasteiger partial charge in [-0.25, -0.2) is 4.79 Å². The number of carboxylic acid groups (broad SMARTS) is 1. The number of rotatable bonds is 11. The maximum atomic E-state index is 11.6. The van der Waals surface area contributed by atoms with Gasteiger partial charge in [0.1, 0.15) is 30.8 Å². The van der Waals surface area contributed by atoms with Crippen LogP contribution in [-0.2, 0) is 23.0 Å². The molecule has 2 unspecified atom stereocenters. The molecule has 33 heavy (non-hydrogen) atoms. The number of aromatic nitrogens is 1. The normalized spacial score (nSPS) is 13.3. The quantitative estimate of drug-likeness (QED) is 0.329. The second-order valence-corrected chi connectivity index (χ2v) is 8.98. The summed E-state index contributed by atoms with van der Waals surface area (Å²) in [5.74, 6) is 0.151. The number of anilines is 1. The van der Waals surface area contributed by atoms with Crippen LogP contribution >= 0.6 is 15.9 Å². The van der Waals surface area contributed by atoms with Crippen LogP contribution in [0.5, 0.6) is 11.5 Å². The van der Waals surface area contributed by atoms with E-state index < -0.39 is 18.2 Å². The number of halogens is 1. The van der Waals surface area contributed by atoms with E-state index in [4.69, 9.17) is 19.9 Å². The first-order valence-electron chi connectivity index (χ1n) is 10.6. The SMILES string of the molecule is CC(C)OC(Cc1cn(C)c2ccc(OCC(O)COc3ccc(N)cc3Br)cc12)C(=O)O. The minimum Gasteiger partial charge on any atom is -0.491 e. The van der Waals surface area contributed by atoms with Crippen LogP contribution in [-0.4, -0.2) is 52.3 Å². The number of nitrogens with two attached hydrogens (primary N) is 1. The molecule has 1 heterocycles. The van der Waals surface area contributed by atoms with Gasteiger partial charge in [-0.05, 0) is 71.7 Å². The lowest BCUT2D eigenvalue weighted by atomic mass is 10.1. The topological polar surface area (TPSA) is 116 Å². The van der Waals surface area contributed by atoms with Gasteiger partial charge in [-0.2, -0.15) is 0 Å². The van der Waals surface area contributed by atoms with Gasteiger partial charge < -0.3 is 34.7 Å². The number of aliphatic carboxylic acids is 1. The van der Waals surface area contributed by atoms with E-state index in [0.29, 0.717) is 21.7 Å². The van der Waals surface area contributed by atoms with Crippen LogP contribution in [0.4, 0.5) is 5.69 Å². The van der Waals surface area contributed by atoms with Gasteiger partial charge >= 0.3 is 5.97 Å². The molecule has 2 atom stereocenters. The van der Waals surface area contributed by atoms with Gasteiger partial charge in [-0.3, -0.25) is 0 Å². The fourth-order valence-electron chi connectivity index (χ4n) is 3.49. The number of aliphatic hydroxyl groups excluding tert-OH is 1. The molecule has 4 N–H and O–H groups in total. The average molecular weight is 521 g/mol. The predicted molar refractivity (Wildman–Crippen MR) is 130 cm³/mol. The molecule has 0 radical (unpaired) electrons. The molecule has 0 amide bonds. The molecule has 0 saturated carbocycles. The zero-order valence-corrected chi connectivity index (χ0v) is 20.4. The molecule has 3 aromatic rings. The smallest absolute Gasteiger partial charge is 0.333 e. The Hall–Kier alpha value is -2.75. The molecule has 0 aliphatic heterocycles. The average Bonchev–Trinajstić information content (AvgIpc) is 3.05. The highest BCUT2D eigenvalue weighted by Gasteiger charge is 2.22. The third-order valence-corrected chi connectivity index (χ3v) is 5.61. The lowest BCUT2D eigenvalue weighted by Crippen LogP contribution is -2.29. The number of carboxylic acids is 1. The molecule has 0 aliphatic rings. The Morgan fingerprint density at radius 3 is 2.55 bits per heavy atom.